The van der Waals surface area contributed by atoms with Gasteiger partial charge in [0.25, 0.3) is 0 Å². The molecule has 2 rings (SSSR count). The van der Waals surface area contributed by atoms with Crippen molar-refractivity contribution >= 4 is 5.78 Å². The number of Topliss-reactive ketones (excluding diaryl/α,β-unsaturated/α-hetero) is 1. The Balaban J connectivity index is 2.17. The fourth-order valence-electron chi connectivity index (χ4n) is 3.28. The van der Waals surface area contributed by atoms with E-state index in [-0.39, 0.29) is 5.92 Å². The van der Waals surface area contributed by atoms with Crippen LogP contribution in [0, 0.1) is 23.7 Å². The third-order valence-corrected chi connectivity index (χ3v) is 3.87. The lowest BCUT2D eigenvalue weighted by Crippen LogP contribution is -2.22. The number of carbonyl (C=O) groups is 1. The van der Waals surface area contributed by atoms with E-state index in [1.54, 1.807) is 7.11 Å². The topological polar surface area (TPSA) is 26.3 Å². The summed E-state index contributed by atoms with van der Waals surface area (Å²) in [6, 6.07) is 0. The van der Waals surface area contributed by atoms with E-state index in [1.165, 1.54) is 0 Å². The molecular formula is C11H18O2. The Bertz CT molecular complexity index is 224. The van der Waals surface area contributed by atoms with Crippen molar-refractivity contribution in [2.75, 3.05) is 7.11 Å². The summed E-state index contributed by atoms with van der Waals surface area (Å²) in [5.74, 6) is 2.16. The molecule has 13 heavy (non-hydrogen) atoms. The molecule has 0 unspecified atom stereocenters. The smallest absolute Gasteiger partial charge is 0.139 e. The van der Waals surface area contributed by atoms with Crippen LogP contribution in [0.4, 0.5) is 0 Å². The van der Waals surface area contributed by atoms with E-state index in [2.05, 4.69) is 13.8 Å². The van der Waals surface area contributed by atoms with Gasteiger partial charge in [-0.2, -0.15) is 0 Å². The van der Waals surface area contributed by atoms with E-state index < -0.39 is 0 Å². The molecule has 0 amide bonds. The Kier molecular flexibility index (Phi) is 2.18. The predicted molar refractivity (Wildman–Crippen MR) is 50.3 cm³/mol. The van der Waals surface area contributed by atoms with Crippen molar-refractivity contribution in [2.24, 2.45) is 23.7 Å². The summed E-state index contributed by atoms with van der Waals surface area (Å²) in [7, 11) is 1.77. The van der Waals surface area contributed by atoms with E-state index >= 15 is 0 Å². The summed E-state index contributed by atoms with van der Waals surface area (Å²) in [5.41, 5.74) is 0. The van der Waals surface area contributed by atoms with Gasteiger partial charge in [-0.1, -0.05) is 13.8 Å². The number of hydrogen-bond acceptors (Lipinski definition) is 2. The average Bonchev–Trinajstić information content (AvgIpc) is 2.52. The Hall–Kier alpha value is -0.370. The molecule has 74 valence electrons. The standard InChI is InChI=1S/C11H18O2/c1-6-4-9-8(10(6)12)5-7(2)11(9)13-3/h6-9,11H,4-5H2,1-3H3/t6-,7+,8-,9-,11-/m1/s1. The normalized spacial score (nSPS) is 49.8. The molecule has 2 aliphatic rings. The molecule has 2 nitrogen and oxygen atoms in total. The highest BCUT2D eigenvalue weighted by Gasteiger charge is 2.50. The molecular weight excluding hydrogens is 164 g/mol. The van der Waals surface area contributed by atoms with Crippen LogP contribution in [0.25, 0.3) is 0 Å². The lowest BCUT2D eigenvalue weighted by atomic mass is 9.97. The second kappa shape index (κ2) is 3.09. The van der Waals surface area contributed by atoms with Gasteiger partial charge in [0.05, 0.1) is 6.10 Å². The fraction of sp³-hybridized carbons (Fsp3) is 0.909. The van der Waals surface area contributed by atoms with Crippen LogP contribution in [0.15, 0.2) is 0 Å². The molecule has 0 aromatic carbocycles. The average molecular weight is 182 g/mol. The largest absolute Gasteiger partial charge is 0.381 e. The number of methoxy groups -OCH3 is 1. The van der Waals surface area contributed by atoms with Gasteiger partial charge in [-0.3, -0.25) is 4.79 Å². The maximum atomic E-state index is 11.7. The van der Waals surface area contributed by atoms with Crippen molar-refractivity contribution in [1.82, 2.24) is 0 Å². The minimum Gasteiger partial charge on any atom is -0.381 e. The van der Waals surface area contributed by atoms with Crippen molar-refractivity contribution in [3.8, 4) is 0 Å². The number of carbonyl (C=O) groups excluding carboxylic acids is 1. The molecule has 0 N–H and O–H groups in total. The summed E-state index contributed by atoms with van der Waals surface area (Å²) < 4.78 is 5.48. The van der Waals surface area contributed by atoms with Gasteiger partial charge in [-0.05, 0) is 24.7 Å². The highest BCUT2D eigenvalue weighted by atomic mass is 16.5. The highest BCUT2D eigenvalue weighted by molar-refractivity contribution is 5.86. The minimum atomic E-state index is 0.278. The van der Waals surface area contributed by atoms with E-state index in [1.807, 2.05) is 0 Å². The summed E-state index contributed by atoms with van der Waals surface area (Å²) >= 11 is 0. The third-order valence-electron chi connectivity index (χ3n) is 3.87. The van der Waals surface area contributed by atoms with Gasteiger partial charge in [-0.15, -0.1) is 0 Å². The third kappa shape index (κ3) is 1.23. The molecule has 0 bridgehead atoms. The Labute approximate surface area is 79.7 Å². The number of ketones is 1. The van der Waals surface area contributed by atoms with Gasteiger partial charge in [0.2, 0.25) is 0 Å². The second-order valence-corrected chi connectivity index (χ2v) is 4.72. The minimum absolute atomic E-state index is 0.278. The lowest BCUT2D eigenvalue weighted by molar-refractivity contribution is -0.123. The lowest BCUT2D eigenvalue weighted by Gasteiger charge is -2.19. The second-order valence-electron chi connectivity index (χ2n) is 4.72. The number of fused-ring (bicyclic) bond motifs is 1. The maximum absolute atomic E-state index is 11.7. The molecule has 2 heteroatoms. The van der Waals surface area contributed by atoms with Gasteiger partial charge in [0.1, 0.15) is 5.78 Å². The monoisotopic (exact) mass is 182 g/mol. The summed E-state index contributed by atoms with van der Waals surface area (Å²) in [5, 5.41) is 0. The molecule has 2 saturated carbocycles. The van der Waals surface area contributed by atoms with Gasteiger partial charge in [0.15, 0.2) is 0 Å². The molecule has 0 aliphatic heterocycles. The summed E-state index contributed by atoms with van der Waals surface area (Å²) in [4.78, 5) is 11.7. The number of hydrogen-bond donors (Lipinski definition) is 0. The van der Waals surface area contributed by atoms with Crippen LogP contribution in [-0.4, -0.2) is 19.0 Å². The molecule has 0 aromatic heterocycles. The van der Waals surface area contributed by atoms with Gasteiger partial charge in [-0.25, -0.2) is 0 Å². The Morgan fingerprint density at radius 1 is 1.31 bits per heavy atom. The van der Waals surface area contributed by atoms with Crippen LogP contribution in [-0.2, 0) is 9.53 Å². The van der Waals surface area contributed by atoms with Crippen molar-refractivity contribution in [3.63, 3.8) is 0 Å². The highest BCUT2D eigenvalue weighted by Crippen LogP contribution is 2.48. The molecule has 0 aromatic rings. The Morgan fingerprint density at radius 3 is 2.62 bits per heavy atom. The predicted octanol–water partition coefficient (Wildman–Crippen LogP) is 1.88. The van der Waals surface area contributed by atoms with E-state index in [9.17, 15) is 4.79 Å². The fourth-order valence-corrected chi connectivity index (χ4v) is 3.28. The molecule has 0 heterocycles. The quantitative estimate of drug-likeness (QED) is 0.619. The van der Waals surface area contributed by atoms with Gasteiger partial charge >= 0.3 is 0 Å². The van der Waals surface area contributed by atoms with Crippen LogP contribution in [0.1, 0.15) is 26.7 Å². The summed E-state index contributed by atoms with van der Waals surface area (Å²) in [6.07, 6.45) is 2.43. The zero-order chi connectivity index (χ0) is 9.59. The summed E-state index contributed by atoms with van der Waals surface area (Å²) in [6.45, 7) is 4.25. The number of rotatable bonds is 1. The van der Waals surface area contributed by atoms with Gasteiger partial charge < -0.3 is 4.74 Å². The van der Waals surface area contributed by atoms with Crippen LogP contribution in [0.5, 0.6) is 0 Å². The van der Waals surface area contributed by atoms with Crippen LogP contribution >= 0.6 is 0 Å². The van der Waals surface area contributed by atoms with E-state index in [0.29, 0.717) is 29.6 Å². The van der Waals surface area contributed by atoms with Crippen molar-refractivity contribution in [2.45, 2.75) is 32.8 Å². The zero-order valence-corrected chi connectivity index (χ0v) is 8.62. The first-order valence-corrected chi connectivity index (χ1v) is 5.21. The zero-order valence-electron chi connectivity index (χ0n) is 8.62. The maximum Gasteiger partial charge on any atom is 0.139 e. The first-order chi connectivity index (χ1) is 6.15. The molecule has 2 fully saturated rings. The van der Waals surface area contributed by atoms with Crippen LogP contribution < -0.4 is 0 Å². The van der Waals surface area contributed by atoms with Crippen LogP contribution in [0.2, 0.25) is 0 Å². The van der Waals surface area contributed by atoms with Crippen molar-refractivity contribution < 1.29 is 9.53 Å². The van der Waals surface area contributed by atoms with Gasteiger partial charge in [0, 0.05) is 18.9 Å². The molecule has 2 aliphatic carbocycles. The van der Waals surface area contributed by atoms with Crippen molar-refractivity contribution in [3.05, 3.63) is 0 Å². The molecule has 0 saturated heterocycles. The number of ether oxygens (including phenoxy) is 1. The first kappa shape index (κ1) is 9.20. The molecule has 0 radical (unpaired) electrons. The van der Waals surface area contributed by atoms with E-state index in [4.69, 9.17) is 4.74 Å². The SMILES string of the molecule is CO[C@H]1[C@@H]2C[C@@H](C)C(=O)[C@@H]2C[C@@H]1C. The van der Waals surface area contributed by atoms with Crippen LogP contribution in [0.3, 0.4) is 0 Å². The Morgan fingerprint density at radius 2 is 2.00 bits per heavy atom. The van der Waals surface area contributed by atoms with E-state index in [0.717, 1.165) is 12.8 Å². The molecule has 0 spiro atoms. The first-order valence-electron chi connectivity index (χ1n) is 5.21. The molecule has 5 atom stereocenters. The van der Waals surface area contributed by atoms with Crippen molar-refractivity contribution in [1.29, 1.82) is 0 Å².